The number of ether oxygens (including phenoxy) is 2. The Bertz CT molecular complexity index is 758. The SMILES string of the molecule is CN(C)CCOc1ccccc1C(=O)Nc1cccc(N2CCOCC2)c1. The highest BCUT2D eigenvalue weighted by atomic mass is 16.5. The van der Waals surface area contributed by atoms with Crippen LogP contribution in [0.4, 0.5) is 11.4 Å². The zero-order valence-corrected chi connectivity index (χ0v) is 16.0. The molecule has 0 atom stereocenters. The molecule has 1 N–H and O–H groups in total. The molecule has 2 aromatic carbocycles. The van der Waals surface area contributed by atoms with Crippen LogP contribution in [0.2, 0.25) is 0 Å². The summed E-state index contributed by atoms with van der Waals surface area (Å²) in [6.45, 7) is 4.50. The van der Waals surface area contributed by atoms with Crippen LogP contribution in [0.1, 0.15) is 10.4 Å². The Balaban J connectivity index is 1.68. The molecule has 144 valence electrons. The Morgan fingerprint density at radius 1 is 1.15 bits per heavy atom. The molecule has 0 saturated carbocycles. The topological polar surface area (TPSA) is 54.0 Å². The summed E-state index contributed by atoms with van der Waals surface area (Å²) in [5.41, 5.74) is 2.40. The Morgan fingerprint density at radius 2 is 1.93 bits per heavy atom. The first-order valence-corrected chi connectivity index (χ1v) is 9.24. The third-order valence-corrected chi connectivity index (χ3v) is 4.41. The minimum absolute atomic E-state index is 0.172. The quantitative estimate of drug-likeness (QED) is 0.813. The number of nitrogens with one attached hydrogen (secondary N) is 1. The normalized spacial score (nSPS) is 14.3. The van der Waals surface area contributed by atoms with Crippen molar-refractivity contribution in [1.29, 1.82) is 0 Å². The number of amides is 1. The van der Waals surface area contributed by atoms with E-state index in [9.17, 15) is 4.79 Å². The van der Waals surface area contributed by atoms with E-state index in [0.717, 1.165) is 44.2 Å². The van der Waals surface area contributed by atoms with Crippen LogP contribution < -0.4 is 15.0 Å². The van der Waals surface area contributed by atoms with Crippen molar-refractivity contribution < 1.29 is 14.3 Å². The van der Waals surface area contributed by atoms with Crippen molar-refractivity contribution in [3.8, 4) is 5.75 Å². The standard InChI is InChI=1S/C21H27N3O3/c1-23(2)10-15-27-20-9-4-3-8-19(20)21(25)22-17-6-5-7-18(16-17)24-11-13-26-14-12-24/h3-9,16H,10-15H2,1-2H3,(H,22,25). The lowest BCUT2D eigenvalue weighted by atomic mass is 10.1. The maximum atomic E-state index is 12.8. The second-order valence-electron chi connectivity index (χ2n) is 6.75. The zero-order valence-electron chi connectivity index (χ0n) is 16.0. The van der Waals surface area contributed by atoms with Crippen LogP contribution >= 0.6 is 0 Å². The molecule has 6 nitrogen and oxygen atoms in total. The molecule has 27 heavy (non-hydrogen) atoms. The molecule has 0 bridgehead atoms. The number of carbonyl (C=O) groups excluding carboxylic acids is 1. The van der Waals surface area contributed by atoms with E-state index < -0.39 is 0 Å². The summed E-state index contributed by atoms with van der Waals surface area (Å²) in [7, 11) is 3.98. The average Bonchev–Trinajstić information content (AvgIpc) is 2.69. The number of hydrogen-bond donors (Lipinski definition) is 1. The Hall–Kier alpha value is -2.57. The number of para-hydroxylation sites is 1. The number of anilines is 2. The van der Waals surface area contributed by atoms with E-state index >= 15 is 0 Å². The predicted molar refractivity (Wildman–Crippen MR) is 108 cm³/mol. The summed E-state index contributed by atoms with van der Waals surface area (Å²) in [4.78, 5) is 17.1. The average molecular weight is 369 g/mol. The van der Waals surface area contributed by atoms with Crippen LogP contribution in [-0.4, -0.2) is 64.4 Å². The first-order valence-electron chi connectivity index (χ1n) is 9.24. The van der Waals surface area contributed by atoms with Gasteiger partial charge in [0.25, 0.3) is 5.91 Å². The molecule has 0 spiro atoms. The largest absolute Gasteiger partial charge is 0.491 e. The highest BCUT2D eigenvalue weighted by molar-refractivity contribution is 6.06. The zero-order chi connectivity index (χ0) is 19.1. The molecule has 6 heteroatoms. The Kier molecular flexibility index (Phi) is 6.68. The molecule has 1 aliphatic rings. The van der Waals surface area contributed by atoms with E-state index in [1.807, 2.05) is 55.4 Å². The number of benzene rings is 2. The maximum Gasteiger partial charge on any atom is 0.259 e. The molecule has 0 aromatic heterocycles. The monoisotopic (exact) mass is 369 g/mol. The van der Waals surface area contributed by atoms with Gasteiger partial charge in [-0.25, -0.2) is 0 Å². The molecule has 1 amide bonds. The lowest BCUT2D eigenvalue weighted by molar-refractivity contribution is 0.102. The summed E-state index contributed by atoms with van der Waals surface area (Å²) < 4.78 is 11.2. The lowest BCUT2D eigenvalue weighted by Crippen LogP contribution is -2.36. The molecular weight excluding hydrogens is 342 g/mol. The van der Waals surface area contributed by atoms with Crippen molar-refractivity contribution in [2.75, 3.05) is 63.8 Å². The number of likely N-dealkylation sites (N-methyl/N-ethyl adjacent to an activating group) is 1. The third kappa shape index (κ3) is 5.45. The maximum absolute atomic E-state index is 12.8. The Labute approximate surface area is 160 Å². The van der Waals surface area contributed by atoms with Crippen molar-refractivity contribution in [1.82, 2.24) is 4.90 Å². The van der Waals surface area contributed by atoms with Crippen molar-refractivity contribution in [2.45, 2.75) is 0 Å². The molecular formula is C21H27N3O3. The van der Waals surface area contributed by atoms with Gasteiger partial charge in [0, 0.05) is 31.0 Å². The second kappa shape index (κ2) is 9.39. The van der Waals surface area contributed by atoms with Crippen molar-refractivity contribution in [2.24, 2.45) is 0 Å². The van der Waals surface area contributed by atoms with E-state index in [1.54, 1.807) is 6.07 Å². The van der Waals surface area contributed by atoms with Crippen molar-refractivity contribution >= 4 is 17.3 Å². The van der Waals surface area contributed by atoms with Gasteiger partial charge in [0.05, 0.1) is 18.8 Å². The van der Waals surface area contributed by atoms with E-state index in [0.29, 0.717) is 17.9 Å². The predicted octanol–water partition coefficient (Wildman–Crippen LogP) is 2.72. The van der Waals surface area contributed by atoms with Crippen molar-refractivity contribution in [3.05, 3.63) is 54.1 Å². The summed E-state index contributed by atoms with van der Waals surface area (Å²) in [5, 5.41) is 2.99. The second-order valence-corrected chi connectivity index (χ2v) is 6.75. The van der Waals surface area contributed by atoms with Gasteiger partial charge in [-0.3, -0.25) is 4.79 Å². The fourth-order valence-corrected chi connectivity index (χ4v) is 2.92. The first-order chi connectivity index (χ1) is 13.1. The van der Waals surface area contributed by atoms with Crippen LogP contribution in [-0.2, 0) is 4.74 Å². The highest BCUT2D eigenvalue weighted by Crippen LogP contribution is 2.23. The van der Waals surface area contributed by atoms with E-state index in [4.69, 9.17) is 9.47 Å². The molecule has 1 saturated heterocycles. The molecule has 0 unspecified atom stereocenters. The molecule has 1 fully saturated rings. The fourth-order valence-electron chi connectivity index (χ4n) is 2.92. The van der Waals surface area contributed by atoms with E-state index in [2.05, 4.69) is 16.3 Å². The van der Waals surface area contributed by atoms with Gasteiger partial charge in [-0.15, -0.1) is 0 Å². The smallest absolute Gasteiger partial charge is 0.259 e. The molecule has 0 aliphatic carbocycles. The lowest BCUT2D eigenvalue weighted by Gasteiger charge is -2.29. The van der Waals surface area contributed by atoms with E-state index in [1.165, 1.54) is 0 Å². The van der Waals surface area contributed by atoms with Gasteiger partial charge in [-0.1, -0.05) is 18.2 Å². The fraction of sp³-hybridized carbons (Fsp3) is 0.381. The van der Waals surface area contributed by atoms with Crippen LogP contribution in [0.5, 0.6) is 5.75 Å². The van der Waals surface area contributed by atoms with Gasteiger partial charge in [0.2, 0.25) is 0 Å². The number of nitrogens with zero attached hydrogens (tertiary/aromatic N) is 2. The number of carbonyl (C=O) groups is 1. The highest BCUT2D eigenvalue weighted by Gasteiger charge is 2.15. The minimum atomic E-state index is -0.172. The summed E-state index contributed by atoms with van der Waals surface area (Å²) in [6, 6.07) is 15.2. The van der Waals surface area contributed by atoms with Crippen LogP contribution in [0, 0.1) is 0 Å². The van der Waals surface area contributed by atoms with Crippen LogP contribution in [0.25, 0.3) is 0 Å². The summed E-state index contributed by atoms with van der Waals surface area (Å²) in [6.07, 6.45) is 0. The number of morpholine rings is 1. The first kappa shape index (κ1) is 19.2. The molecule has 1 aliphatic heterocycles. The number of rotatable bonds is 7. The summed E-state index contributed by atoms with van der Waals surface area (Å²) in [5.74, 6) is 0.427. The third-order valence-electron chi connectivity index (χ3n) is 4.41. The van der Waals surface area contributed by atoms with Crippen molar-refractivity contribution in [3.63, 3.8) is 0 Å². The summed E-state index contributed by atoms with van der Waals surface area (Å²) >= 11 is 0. The molecule has 3 rings (SSSR count). The molecule has 0 radical (unpaired) electrons. The van der Waals surface area contributed by atoms with Gasteiger partial charge in [-0.2, -0.15) is 0 Å². The van der Waals surface area contributed by atoms with E-state index in [-0.39, 0.29) is 5.91 Å². The van der Waals surface area contributed by atoms with Crippen LogP contribution in [0.15, 0.2) is 48.5 Å². The molecule has 1 heterocycles. The Morgan fingerprint density at radius 3 is 2.70 bits per heavy atom. The van der Waals surface area contributed by atoms with Gasteiger partial charge >= 0.3 is 0 Å². The number of hydrogen-bond acceptors (Lipinski definition) is 5. The van der Waals surface area contributed by atoms with Gasteiger partial charge in [-0.05, 0) is 44.4 Å². The van der Waals surface area contributed by atoms with Gasteiger partial charge < -0.3 is 24.6 Å². The van der Waals surface area contributed by atoms with Gasteiger partial charge in [0.15, 0.2) is 0 Å². The van der Waals surface area contributed by atoms with Gasteiger partial charge in [0.1, 0.15) is 12.4 Å². The van der Waals surface area contributed by atoms with Crippen LogP contribution in [0.3, 0.4) is 0 Å². The minimum Gasteiger partial charge on any atom is -0.491 e. The molecule has 2 aromatic rings.